The number of thioether (sulfide) groups is 1. The molecule has 0 atom stereocenters. The summed E-state index contributed by atoms with van der Waals surface area (Å²) in [6.07, 6.45) is 1.49. The highest BCUT2D eigenvalue weighted by atomic mass is 79.9. The summed E-state index contributed by atoms with van der Waals surface area (Å²) < 4.78 is 37.3. The number of anilines is 1. The third-order valence-electron chi connectivity index (χ3n) is 5.54. The predicted octanol–water partition coefficient (Wildman–Crippen LogP) is 7.12. The Morgan fingerprint density at radius 2 is 1.76 bits per heavy atom. The largest absolute Gasteiger partial charge is 0.490 e. The lowest BCUT2D eigenvalue weighted by molar-refractivity contribution is -0.123. The van der Waals surface area contributed by atoms with Crippen molar-refractivity contribution >= 4 is 89.8 Å². The van der Waals surface area contributed by atoms with E-state index in [9.17, 15) is 22.8 Å². The van der Waals surface area contributed by atoms with E-state index in [2.05, 4.69) is 21.2 Å². The number of nitrogens with zero attached hydrogens (tertiary/aromatic N) is 1. The van der Waals surface area contributed by atoms with E-state index in [1.54, 1.807) is 25.1 Å². The molecule has 0 spiro atoms. The smallest absolute Gasteiger partial charge is 0.339 e. The zero-order valence-electron chi connectivity index (χ0n) is 21.4. The van der Waals surface area contributed by atoms with Crippen LogP contribution in [0.25, 0.3) is 6.08 Å². The topological polar surface area (TPSA) is 119 Å². The van der Waals surface area contributed by atoms with Gasteiger partial charge in [-0.2, -0.15) is 8.42 Å². The van der Waals surface area contributed by atoms with E-state index in [4.69, 9.17) is 32.1 Å². The molecule has 1 heterocycles. The first-order valence-electron chi connectivity index (χ1n) is 11.9. The number of carbonyl (C=O) groups is 3. The molecule has 0 radical (unpaired) electrons. The molecule has 214 valence electrons. The number of hydrogen-bond donors (Lipinski definition) is 1. The van der Waals surface area contributed by atoms with E-state index in [1.165, 1.54) is 49.4 Å². The minimum Gasteiger partial charge on any atom is -0.490 e. The van der Waals surface area contributed by atoms with Crippen molar-refractivity contribution in [2.24, 2.45) is 0 Å². The van der Waals surface area contributed by atoms with Gasteiger partial charge in [0.25, 0.3) is 11.1 Å². The molecule has 3 aromatic rings. The summed E-state index contributed by atoms with van der Waals surface area (Å²) in [6.45, 7) is 3.15. The van der Waals surface area contributed by atoms with Crippen LogP contribution in [0.15, 0.2) is 68.9 Å². The first kappa shape index (κ1) is 30.9. The molecule has 1 saturated heterocycles. The zero-order valence-corrected chi connectivity index (χ0v) is 26.2. The molecule has 1 aliphatic rings. The van der Waals surface area contributed by atoms with Crippen molar-refractivity contribution in [1.29, 1.82) is 0 Å². The van der Waals surface area contributed by atoms with E-state index in [-0.39, 0.29) is 44.8 Å². The van der Waals surface area contributed by atoms with E-state index < -0.39 is 21.3 Å². The monoisotopic (exact) mass is 698 g/mol. The Kier molecular flexibility index (Phi) is 9.70. The molecule has 4 rings (SSSR count). The maximum atomic E-state index is 13.1. The highest BCUT2D eigenvalue weighted by Crippen LogP contribution is 2.41. The van der Waals surface area contributed by atoms with Gasteiger partial charge in [0.2, 0.25) is 5.91 Å². The van der Waals surface area contributed by atoms with E-state index >= 15 is 0 Å². The fourth-order valence-electron chi connectivity index (χ4n) is 3.71. The molecule has 1 fully saturated rings. The van der Waals surface area contributed by atoms with Crippen LogP contribution < -0.4 is 14.2 Å². The van der Waals surface area contributed by atoms with Gasteiger partial charge in [0.05, 0.1) is 22.5 Å². The van der Waals surface area contributed by atoms with Crippen LogP contribution in [0.1, 0.15) is 25.0 Å². The van der Waals surface area contributed by atoms with Crippen molar-refractivity contribution in [1.82, 2.24) is 4.90 Å². The third-order valence-corrected chi connectivity index (χ3v) is 8.98. The van der Waals surface area contributed by atoms with Crippen LogP contribution in [0.4, 0.5) is 10.5 Å². The Labute approximate surface area is 259 Å². The molecule has 0 saturated carbocycles. The number of hydrogen-bond acceptors (Lipinski definition) is 8. The second-order valence-electron chi connectivity index (χ2n) is 8.47. The SMILES string of the molecule is CCOc1cc(/C=C2\SC(=O)N(Cc3c(Cl)cccc3Cl)C2=O)cc(Br)c1OS(=O)(=O)c1ccc(NC(C)=O)cc1. The number of rotatable bonds is 9. The number of benzene rings is 3. The second-order valence-corrected chi connectivity index (χ2v) is 12.7. The third kappa shape index (κ3) is 7.25. The number of ether oxygens (including phenoxy) is 1. The normalized spacial score (nSPS) is 14.5. The number of halogens is 3. The fraction of sp³-hybridized carbons (Fsp3) is 0.148. The summed E-state index contributed by atoms with van der Waals surface area (Å²) in [5.74, 6) is -0.835. The average Bonchev–Trinajstić information content (AvgIpc) is 3.15. The van der Waals surface area contributed by atoms with Gasteiger partial charge in [0.15, 0.2) is 11.5 Å². The molecule has 0 unspecified atom stereocenters. The number of nitrogens with one attached hydrogen (secondary N) is 1. The molecule has 1 aliphatic heterocycles. The summed E-state index contributed by atoms with van der Waals surface area (Å²) in [6, 6.07) is 13.4. The molecule has 0 aromatic heterocycles. The quantitative estimate of drug-likeness (QED) is 0.185. The Balaban J connectivity index is 1.60. The molecule has 14 heteroatoms. The molecular formula is C27H21BrCl2N2O7S2. The van der Waals surface area contributed by atoms with Crippen LogP contribution >= 0.6 is 50.9 Å². The van der Waals surface area contributed by atoms with Crippen molar-refractivity contribution in [3.63, 3.8) is 0 Å². The molecule has 0 bridgehead atoms. The molecular weight excluding hydrogens is 679 g/mol. The van der Waals surface area contributed by atoms with E-state index in [0.29, 0.717) is 26.9 Å². The van der Waals surface area contributed by atoms with Crippen LogP contribution in [0.3, 0.4) is 0 Å². The van der Waals surface area contributed by atoms with Crippen molar-refractivity contribution in [3.8, 4) is 11.5 Å². The van der Waals surface area contributed by atoms with Gasteiger partial charge in [-0.1, -0.05) is 29.3 Å². The molecule has 41 heavy (non-hydrogen) atoms. The lowest BCUT2D eigenvalue weighted by Crippen LogP contribution is -2.27. The van der Waals surface area contributed by atoms with Gasteiger partial charge in [-0.15, -0.1) is 0 Å². The van der Waals surface area contributed by atoms with Crippen LogP contribution in [0, 0.1) is 0 Å². The standard InChI is InChI=1S/C27H21BrCl2N2O7S2/c1-3-38-23-12-16(13-24-26(34)32(27(35)40-24)14-19-21(29)5-4-6-22(19)30)11-20(28)25(23)39-41(36,37)18-9-7-17(8-10-18)31-15(2)33/h4-13H,3,14H2,1-2H3,(H,31,33)/b24-13-. The summed E-state index contributed by atoms with van der Waals surface area (Å²) in [5.41, 5.74) is 1.33. The van der Waals surface area contributed by atoms with E-state index in [0.717, 1.165) is 16.7 Å². The highest BCUT2D eigenvalue weighted by Gasteiger charge is 2.36. The van der Waals surface area contributed by atoms with Crippen molar-refractivity contribution in [3.05, 3.63) is 85.1 Å². The predicted molar refractivity (Wildman–Crippen MR) is 162 cm³/mol. The zero-order chi connectivity index (χ0) is 29.9. The molecule has 3 amide bonds. The summed E-state index contributed by atoms with van der Waals surface area (Å²) >= 11 is 16.5. The van der Waals surface area contributed by atoms with Gasteiger partial charge in [-0.25, -0.2) is 0 Å². The number of imide groups is 1. The van der Waals surface area contributed by atoms with E-state index in [1.807, 2.05) is 0 Å². The van der Waals surface area contributed by atoms with Crippen LogP contribution in [-0.4, -0.2) is 37.0 Å². The van der Waals surface area contributed by atoms with Gasteiger partial charge >= 0.3 is 10.1 Å². The molecule has 3 aromatic carbocycles. The maximum absolute atomic E-state index is 13.1. The van der Waals surface area contributed by atoms with Crippen LogP contribution in [-0.2, 0) is 26.3 Å². The lowest BCUT2D eigenvalue weighted by Gasteiger charge is -2.15. The minimum absolute atomic E-state index is 0.0913. The van der Waals surface area contributed by atoms with Crippen molar-refractivity contribution < 1.29 is 31.7 Å². The fourth-order valence-corrected chi connectivity index (χ4v) is 6.67. The van der Waals surface area contributed by atoms with Gasteiger partial charge in [-0.05, 0) is 94.8 Å². The van der Waals surface area contributed by atoms with Gasteiger partial charge in [0.1, 0.15) is 4.90 Å². The van der Waals surface area contributed by atoms with Crippen LogP contribution in [0.2, 0.25) is 10.0 Å². The summed E-state index contributed by atoms with van der Waals surface area (Å²) in [4.78, 5) is 38.0. The van der Waals surface area contributed by atoms with Gasteiger partial charge in [-0.3, -0.25) is 19.3 Å². The average molecular weight is 700 g/mol. The van der Waals surface area contributed by atoms with Crippen molar-refractivity contribution in [2.75, 3.05) is 11.9 Å². The number of carbonyl (C=O) groups excluding carboxylic acids is 3. The number of amides is 3. The van der Waals surface area contributed by atoms with Crippen LogP contribution in [0.5, 0.6) is 11.5 Å². The molecule has 1 N–H and O–H groups in total. The Bertz CT molecular complexity index is 1660. The molecule has 9 nitrogen and oxygen atoms in total. The highest BCUT2D eigenvalue weighted by molar-refractivity contribution is 9.10. The van der Waals surface area contributed by atoms with Gasteiger partial charge in [0, 0.05) is 28.2 Å². The Hall–Kier alpha value is -3.03. The summed E-state index contributed by atoms with van der Waals surface area (Å²) in [5, 5.41) is 2.74. The Morgan fingerprint density at radius 3 is 2.37 bits per heavy atom. The van der Waals surface area contributed by atoms with Crippen molar-refractivity contribution in [2.45, 2.75) is 25.3 Å². The summed E-state index contributed by atoms with van der Waals surface area (Å²) in [7, 11) is -4.29. The van der Waals surface area contributed by atoms with Gasteiger partial charge < -0.3 is 14.2 Å². The second kappa shape index (κ2) is 12.9. The first-order valence-corrected chi connectivity index (χ1v) is 15.6. The first-order chi connectivity index (χ1) is 19.4. The molecule has 0 aliphatic carbocycles. The lowest BCUT2D eigenvalue weighted by atomic mass is 10.1. The minimum atomic E-state index is -4.29. The maximum Gasteiger partial charge on any atom is 0.339 e. The Morgan fingerprint density at radius 1 is 1.10 bits per heavy atom.